The van der Waals surface area contributed by atoms with E-state index in [1.165, 1.54) is 7.05 Å². The molecule has 1 saturated heterocycles. The molecule has 1 aliphatic heterocycles. The Bertz CT molecular complexity index is 565. The number of likely N-dealkylation sites (N-methyl/N-ethyl adjacent to an activating group) is 1. The Kier molecular flexibility index (Phi) is 3.73. The summed E-state index contributed by atoms with van der Waals surface area (Å²) < 4.78 is 1.54. The summed E-state index contributed by atoms with van der Waals surface area (Å²) in [6.07, 6.45) is 2.08. The first-order chi connectivity index (χ1) is 9.43. The quantitative estimate of drug-likeness (QED) is 0.715. The number of nitrogens with zero attached hydrogens (tertiary/aromatic N) is 3. The lowest BCUT2D eigenvalue weighted by atomic mass is 10.0. The highest BCUT2D eigenvalue weighted by atomic mass is 16.2. The fourth-order valence-corrected chi connectivity index (χ4v) is 2.05. The van der Waals surface area contributed by atoms with Crippen molar-refractivity contribution >= 4 is 23.4 Å². The Balaban J connectivity index is 2.09. The number of carbonyl (C=O) groups excluding carboxylic acids is 3. The number of rotatable bonds is 3. The molecule has 20 heavy (non-hydrogen) atoms. The van der Waals surface area contributed by atoms with Gasteiger partial charge in [0.2, 0.25) is 5.91 Å². The van der Waals surface area contributed by atoms with Crippen LogP contribution in [0, 0.1) is 0 Å². The maximum Gasteiger partial charge on any atom is 0.274 e. The van der Waals surface area contributed by atoms with Crippen LogP contribution in [0.1, 0.15) is 30.3 Å². The lowest BCUT2D eigenvalue weighted by Crippen LogP contribution is -2.53. The highest BCUT2D eigenvalue weighted by molar-refractivity contribution is 6.04. The number of amides is 3. The van der Waals surface area contributed by atoms with E-state index in [0.29, 0.717) is 13.0 Å². The molecule has 8 heteroatoms. The van der Waals surface area contributed by atoms with E-state index in [9.17, 15) is 14.4 Å². The zero-order valence-electron chi connectivity index (χ0n) is 11.4. The number of hydrogen-bond acceptors (Lipinski definition) is 5. The molecule has 8 nitrogen and oxygen atoms in total. The molecule has 0 saturated carbocycles. The molecule has 3 amide bonds. The number of nitrogens with one attached hydrogen (secondary N) is 1. The molecule has 1 aliphatic rings. The number of nitrogen functional groups attached to an aromatic ring is 1. The zero-order valence-corrected chi connectivity index (χ0v) is 11.4. The molecular formula is C12H17N5O3. The first-order valence-electron chi connectivity index (χ1n) is 6.38. The van der Waals surface area contributed by atoms with E-state index in [1.54, 1.807) is 10.9 Å². The Labute approximate surface area is 115 Å². The van der Waals surface area contributed by atoms with Crippen molar-refractivity contribution in [1.82, 2.24) is 20.0 Å². The number of hydrogen-bond donors (Lipinski definition) is 2. The number of aromatic nitrogens is 2. The first-order valence-corrected chi connectivity index (χ1v) is 6.38. The minimum atomic E-state index is -0.712. The van der Waals surface area contributed by atoms with Crippen LogP contribution in [0.2, 0.25) is 0 Å². The first kappa shape index (κ1) is 14.0. The number of carbonyl (C=O) groups is 3. The Morgan fingerprint density at radius 2 is 2.25 bits per heavy atom. The molecule has 1 atom stereocenters. The van der Waals surface area contributed by atoms with Crippen molar-refractivity contribution in [1.29, 1.82) is 0 Å². The average Bonchev–Trinajstić information content (AvgIpc) is 2.81. The zero-order chi connectivity index (χ0) is 14.9. The molecule has 0 aromatic carbocycles. The van der Waals surface area contributed by atoms with Gasteiger partial charge in [0.15, 0.2) is 5.69 Å². The predicted octanol–water partition coefficient (Wildman–Crippen LogP) is -0.638. The van der Waals surface area contributed by atoms with E-state index in [-0.39, 0.29) is 23.7 Å². The monoisotopic (exact) mass is 279 g/mol. The van der Waals surface area contributed by atoms with E-state index in [0.717, 1.165) is 4.90 Å². The predicted molar refractivity (Wildman–Crippen MR) is 70.6 cm³/mol. The van der Waals surface area contributed by atoms with Crippen LogP contribution in [0.25, 0.3) is 0 Å². The van der Waals surface area contributed by atoms with E-state index in [2.05, 4.69) is 10.4 Å². The lowest BCUT2D eigenvalue weighted by molar-refractivity contribution is -0.147. The number of nitrogens with two attached hydrogens (primary N) is 1. The third kappa shape index (κ3) is 2.49. The summed E-state index contributed by atoms with van der Waals surface area (Å²) in [6.45, 7) is 2.47. The van der Waals surface area contributed by atoms with Gasteiger partial charge in [-0.2, -0.15) is 5.10 Å². The maximum absolute atomic E-state index is 12.1. The summed E-state index contributed by atoms with van der Waals surface area (Å²) in [4.78, 5) is 36.3. The van der Waals surface area contributed by atoms with Gasteiger partial charge in [-0.05, 0) is 13.3 Å². The summed E-state index contributed by atoms with van der Waals surface area (Å²) in [5.41, 5.74) is 6.07. The van der Waals surface area contributed by atoms with E-state index < -0.39 is 17.9 Å². The Morgan fingerprint density at radius 3 is 2.85 bits per heavy atom. The van der Waals surface area contributed by atoms with Crippen molar-refractivity contribution in [3.8, 4) is 0 Å². The third-order valence-electron chi connectivity index (χ3n) is 3.28. The molecule has 1 aromatic rings. The molecule has 108 valence electrons. The van der Waals surface area contributed by atoms with Crippen LogP contribution in [-0.2, 0) is 16.1 Å². The molecule has 1 unspecified atom stereocenters. The summed E-state index contributed by atoms with van der Waals surface area (Å²) in [7, 11) is 1.41. The van der Waals surface area contributed by atoms with Crippen LogP contribution in [0.3, 0.4) is 0 Å². The Morgan fingerprint density at radius 1 is 1.55 bits per heavy atom. The lowest BCUT2D eigenvalue weighted by Gasteiger charge is -2.27. The van der Waals surface area contributed by atoms with Gasteiger partial charge in [-0.25, -0.2) is 0 Å². The van der Waals surface area contributed by atoms with E-state index >= 15 is 0 Å². The maximum atomic E-state index is 12.1. The van der Waals surface area contributed by atoms with Gasteiger partial charge in [0.25, 0.3) is 11.8 Å². The molecule has 0 aliphatic carbocycles. The molecule has 0 radical (unpaired) electrons. The molecular weight excluding hydrogens is 262 g/mol. The Hall–Kier alpha value is -2.38. The highest BCUT2D eigenvalue weighted by Crippen LogP contribution is 2.14. The summed E-state index contributed by atoms with van der Waals surface area (Å²) in [5, 5.41) is 6.62. The molecule has 0 spiro atoms. The van der Waals surface area contributed by atoms with E-state index in [1.807, 2.05) is 6.92 Å². The van der Waals surface area contributed by atoms with Crippen LogP contribution in [0.4, 0.5) is 5.69 Å². The minimum absolute atomic E-state index is 0.0965. The van der Waals surface area contributed by atoms with Crippen LogP contribution in [0.5, 0.6) is 0 Å². The number of imide groups is 1. The fourth-order valence-electron chi connectivity index (χ4n) is 2.05. The third-order valence-corrected chi connectivity index (χ3v) is 3.28. The van der Waals surface area contributed by atoms with Crippen molar-refractivity contribution < 1.29 is 14.4 Å². The van der Waals surface area contributed by atoms with Gasteiger partial charge in [0, 0.05) is 26.2 Å². The van der Waals surface area contributed by atoms with Crippen molar-refractivity contribution in [2.45, 2.75) is 32.4 Å². The molecule has 2 rings (SSSR count). The molecule has 1 aromatic heterocycles. The van der Waals surface area contributed by atoms with Crippen LogP contribution < -0.4 is 11.1 Å². The van der Waals surface area contributed by atoms with Crippen LogP contribution in [0.15, 0.2) is 6.20 Å². The normalized spacial score (nSPS) is 19.3. The van der Waals surface area contributed by atoms with Crippen LogP contribution >= 0.6 is 0 Å². The van der Waals surface area contributed by atoms with Crippen molar-refractivity contribution in [2.24, 2.45) is 0 Å². The molecule has 2 heterocycles. The van der Waals surface area contributed by atoms with Gasteiger partial charge in [0.1, 0.15) is 6.04 Å². The summed E-state index contributed by atoms with van der Waals surface area (Å²) >= 11 is 0. The number of likely N-dealkylation sites (tertiary alicyclic amines) is 1. The van der Waals surface area contributed by atoms with Crippen LogP contribution in [-0.4, -0.2) is 45.5 Å². The van der Waals surface area contributed by atoms with Gasteiger partial charge in [0.05, 0.1) is 5.69 Å². The number of anilines is 1. The molecule has 1 fully saturated rings. The second kappa shape index (κ2) is 5.32. The van der Waals surface area contributed by atoms with Gasteiger partial charge in [-0.15, -0.1) is 0 Å². The van der Waals surface area contributed by atoms with E-state index in [4.69, 9.17) is 5.73 Å². The second-order valence-corrected chi connectivity index (χ2v) is 4.64. The van der Waals surface area contributed by atoms with Crippen molar-refractivity contribution in [2.75, 3.05) is 12.8 Å². The number of piperidine rings is 1. The van der Waals surface area contributed by atoms with Crippen molar-refractivity contribution in [3.63, 3.8) is 0 Å². The number of aryl methyl sites for hydroxylation is 1. The fraction of sp³-hybridized carbons (Fsp3) is 0.500. The standard InChI is InChI=1S/C12H17N5O3/c1-3-17-6-7(13)10(15-17)11(19)14-8-4-5-9(18)16(2)12(8)20/h6,8H,3-5,13H2,1-2H3,(H,14,19). The summed E-state index contributed by atoms with van der Waals surface area (Å²) in [5.74, 6) is -1.16. The SMILES string of the molecule is CCn1cc(N)c(C(=O)NC2CCC(=O)N(C)C2=O)n1. The molecule has 0 bridgehead atoms. The van der Waals surface area contributed by atoms with Gasteiger partial charge < -0.3 is 11.1 Å². The summed E-state index contributed by atoms with van der Waals surface area (Å²) in [6, 6.07) is -0.712. The molecule has 3 N–H and O–H groups in total. The van der Waals surface area contributed by atoms with Gasteiger partial charge in [-0.3, -0.25) is 24.0 Å². The average molecular weight is 279 g/mol. The highest BCUT2D eigenvalue weighted by Gasteiger charge is 2.33. The van der Waals surface area contributed by atoms with Gasteiger partial charge in [-0.1, -0.05) is 0 Å². The van der Waals surface area contributed by atoms with Gasteiger partial charge >= 0.3 is 0 Å². The van der Waals surface area contributed by atoms with Crippen molar-refractivity contribution in [3.05, 3.63) is 11.9 Å². The topological polar surface area (TPSA) is 110 Å². The second-order valence-electron chi connectivity index (χ2n) is 4.64. The largest absolute Gasteiger partial charge is 0.396 e. The minimum Gasteiger partial charge on any atom is -0.396 e. The smallest absolute Gasteiger partial charge is 0.274 e.